The van der Waals surface area contributed by atoms with Gasteiger partial charge in [0.2, 0.25) is 0 Å². The first-order valence-electron chi connectivity index (χ1n) is 11.4. The predicted octanol–water partition coefficient (Wildman–Crippen LogP) is 3.66. The number of carbonyl (C=O) groups excluding carboxylic acids is 1. The van der Waals surface area contributed by atoms with Crippen LogP contribution in [0, 0.1) is 0 Å². The average molecular weight is 512 g/mol. The molecular weight excluding hydrogens is 483 g/mol. The predicted molar refractivity (Wildman–Crippen MR) is 127 cm³/mol. The van der Waals surface area contributed by atoms with E-state index in [0.717, 1.165) is 31.2 Å². The lowest BCUT2D eigenvalue weighted by molar-refractivity contribution is -0.137. The van der Waals surface area contributed by atoms with E-state index in [1.807, 2.05) is 4.90 Å². The van der Waals surface area contributed by atoms with E-state index in [-0.39, 0.29) is 22.5 Å². The van der Waals surface area contributed by atoms with Gasteiger partial charge in [-0.1, -0.05) is 0 Å². The summed E-state index contributed by atoms with van der Waals surface area (Å²) in [6.45, 7) is 2.82. The van der Waals surface area contributed by atoms with Crippen LogP contribution in [0.1, 0.15) is 28.8 Å². The van der Waals surface area contributed by atoms with Gasteiger partial charge >= 0.3 is 6.18 Å². The highest BCUT2D eigenvalue weighted by atomic mass is 32.2. The van der Waals surface area contributed by atoms with Crippen LogP contribution in [0.3, 0.4) is 0 Å². The number of carbonyl (C=O) groups is 1. The Balaban J connectivity index is 1.47. The highest BCUT2D eigenvalue weighted by Crippen LogP contribution is 2.31. The maximum atomic E-state index is 13.4. The molecule has 0 aromatic heterocycles. The fourth-order valence-corrected chi connectivity index (χ4v) is 4.96. The van der Waals surface area contributed by atoms with Crippen molar-refractivity contribution in [3.05, 3.63) is 53.6 Å². The molecule has 4 rings (SSSR count). The molecule has 1 unspecified atom stereocenters. The summed E-state index contributed by atoms with van der Waals surface area (Å²) in [6, 6.07) is 9.46. The van der Waals surface area contributed by atoms with Gasteiger partial charge in [-0.05, 0) is 55.3 Å². The van der Waals surface area contributed by atoms with E-state index in [4.69, 9.17) is 4.74 Å². The Bertz CT molecular complexity index is 1160. The number of alkyl halides is 3. The van der Waals surface area contributed by atoms with E-state index >= 15 is 0 Å². The van der Waals surface area contributed by atoms with E-state index < -0.39 is 21.6 Å². The summed E-state index contributed by atoms with van der Waals surface area (Å²) in [4.78, 5) is 17.0. The molecule has 2 aromatic carbocycles. The fraction of sp³-hybridized carbons (Fsp3) is 0.458. The van der Waals surface area contributed by atoms with Gasteiger partial charge in [-0.15, -0.1) is 0 Å². The molecule has 35 heavy (non-hydrogen) atoms. The summed E-state index contributed by atoms with van der Waals surface area (Å²) < 4.78 is 68.3. The molecule has 7 nitrogen and oxygen atoms in total. The van der Waals surface area contributed by atoms with Crippen molar-refractivity contribution in [1.29, 1.82) is 0 Å². The lowest BCUT2D eigenvalue weighted by atomic mass is 10.1. The molecule has 2 heterocycles. The van der Waals surface area contributed by atoms with E-state index in [2.05, 4.69) is 5.32 Å². The monoisotopic (exact) mass is 511 g/mol. The van der Waals surface area contributed by atoms with Gasteiger partial charge in [-0.25, -0.2) is 8.42 Å². The quantitative estimate of drug-likeness (QED) is 0.638. The maximum Gasteiger partial charge on any atom is 0.416 e. The Labute approximate surface area is 202 Å². The first-order valence-corrected chi connectivity index (χ1v) is 13.3. The average Bonchev–Trinajstić information content (AvgIpc) is 3.35. The van der Waals surface area contributed by atoms with Crippen LogP contribution >= 0.6 is 0 Å². The van der Waals surface area contributed by atoms with E-state index in [1.54, 1.807) is 11.0 Å². The molecule has 0 saturated carbocycles. The van der Waals surface area contributed by atoms with Gasteiger partial charge in [0.05, 0.1) is 22.1 Å². The Morgan fingerprint density at radius 2 is 1.77 bits per heavy atom. The van der Waals surface area contributed by atoms with Gasteiger partial charge in [0.25, 0.3) is 5.91 Å². The van der Waals surface area contributed by atoms with Crippen molar-refractivity contribution < 1.29 is 31.1 Å². The number of ether oxygens (including phenoxy) is 1. The van der Waals surface area contributed by atoms with Gasteiger partial charge < -0.3 is 19.9 Å². The minimum absolute atomic E-state index is 0.0415. The lowest BCUT2D eigenvalue weighted by Gasteiger charge is -2.36. The number of rotatable bonds is 6. The minimum atomic E-state index is -4.39. The smallest absolute Gasteiger partial charge is 0.382 e. The molecule has 2 saturated heterocycles. The highest BCUT2D eigenvalue weighted by Gasteiger charge is 2.31. The largest absolute Gasteiger partial charge is 0.416 e. The van der Waals surface area contributed by atoms with Crippen molar-refractivity contribution in [2.75, 3.05) is 55.8 Å². The second kappa shape index (κ2) is 10.1. The Hall–Kier alpha value is -2.79. The number of sulfone groups is 1. The number of halogens is 3. The van der Waals surface area contributed by atoms with Crippen LogP contribution in [0.4, 0.5) is 24.5 Å². The molecule has 2 aromatic rings. The van der Waals surface area contributed by atoms with Gasteiger partial charge in [0.1, 0.15) is 0 Å². The summed E-state index contributed by atoms with van der Waals surface area (Å²) in [6.07, 6.45) is -1.35. The van der Waals surface area contributed by atoms with E-state index in [1.165, 1.54) is 24.3 Å². The summed E-state index contributed by atoms with van der Waals surface area (Å²) in [5.74, 6) is -0.294. The molecule has 190 valence electrons. The van der Waals surface area contributed by atoms with Crippen molar-refractivity contribution >= 4 is 27.1 Å². The molecule has 0 spiro atoms. The number of hydrogen-bond donors (Lipinski definition) is 1. The summed E-state index contributed by atoms with van der Waals surface area (Å²) in [7, 11) is -3.51. The van der Waals surface area contributed by atoms with Crippen LogP contribution < -0.4 is 10.2 Å². The highest BCUT2D eigenvalue weighted by molar-refractivity contribution is 7.90. The minimum Gasteiger partial charge on any atom is -0.382 e. The molecule has 0 aliphatic carbocycles. The molecule has 11 heteroatoms. The van der Waals surface area contributed by atoms with Crippen LogP contribution in [-0.4, -0.2) is 70.9 Å². The molecule has 2 aliphatic heterocycles. The van der Waals surface area contributed by atoms with E-state index in [0.29, 0.717) is 50.7 Å². The molecule has 1 amide bonds. The van der Waals surface area contributed by atoms with E-state index in [9.17, 15) is 26.4 Å². The van der Waals surface area contributed by atoms with Gasteiger partial charge in [0, 0.05) is 57.0 Å². The van der Waals surface area contributed by atoms with Gasteiger partial charge in [-0.3, -0.25) is 4.79 Å². The topological polar surface area (TPSA) is 78.9 Å². The third-order valence-corrected chi connectivity index (χ3v) is 7.43. The van der Waals surface area contributed by atoms with Crippen LogP contribution in [0.5, 0.6) is 0 Å². The molecule has 0 bridgehead atoms. The third kappa shape index (κ3) is 6.07. The van der Waals surface area contributed by atoms with Crippen LogP contribution in [0.2, 0.25) is 0 Å². The SMILES string of the molecule is CS(=O)(=O)c1ccc(NCC2CCCO2)c(C(=O)N2CCN(c3ccc(C(F)(F)F)cc3)CC2)c1. The number of benzene rings is 2. The molecule has 2 fully saturated rings. The maximum absolute atomic E-state index is 13.4. The standard InChI is InChI=1S/C24H28F3N3O4S/c1-35(32,33)20-8-9-22(28-16-19-3-2-14-34-19)21(15-20)23(31)30-12-10-29(11-13-30)18-6-4-17(5-7-18)24(25,26)27/h4-9,15,19,28H,2-3,10-14,16H2,1H3. The molecule has 2 aliphatic rings. The Morgan fingerprint density at radius 1 is 1.09 bits per heavy atom. The zero-order valence-electron chi connectivity index (χ0n) is 19.3. The summed E-state index contributed by atoms with van der Waals surface area (Å²) >= 11 is 0. The second-order valence-electron chi connectivity index (χ2n) is 8.82. The number of nitrogens with zero attached hydrogens (tertiary/aromatic N) is 2. The number of anilines is 2. The van der Waals surface area contributed by atoms with Crippen molar-refractivity contribution in [3.8, 4) is 0 Å². The van der Waals surface area contributed by atoms with Crippen LogP contribution in [0.25, 0.3) is 0 Å². The van der Waals surface area contributed by atoms with Crippen molar-refractivity contribution in [1.82, 2.24) is 4.90 Å². The number of amides is 1. The van der Waals surface area contributed by atoms with Crippen LogP contribution in [0.15, 0.2) is 47.4 Å². The molecule has 1 N–H and O–H groups in total. The Kier molecular flexibility index (Phi) is 7.27. The zero-order valence-corrected chi connectivity index (χ0v) is 20.2. The molecular formula is C24H28F3N3O4S. The zero-order chi connectivity index (χ0) is 25.2. The van der Waals surface area contributed by atoms with Crippen molar-refractivity contribution in [2.24, 2.45) is 0 Å². The van der Waals surface area contributed by atoms with Crippen molar-refractivity contribution in [3.63, 3.8) is 0 Å². The lowest BCUT2D eigenvalue weighted by Crippen LogP contribution is -2.49. The van der Waals surface area contributed by atoms with Crippen molar-refractivity contribution in [2.45, 2.75) is 30.0 Å². The molecule has 0 radical (unpaired) electrons. The fourth-order valence-electron chi connectivity index (χ4n) is 4.31. The summed E-state index contributed by atoms with van der Waals surface area (Å²) in [5, 5.41) is 3.24. The first kappa shape index (κ1) is 25.3. The number of piperazine rings is 1. The van der Waals surface area contributed by atoms with Crippen LogP contribution in [-0.2, 0) is 20.8 Å². The third-order valence-electron chi connectivity index (χ3n) is 6.32. The normalized spacial score (nSPS) is 19.1. The second-order valence-corrected chi connectivity index (χ2v) is 10.8. The van der Waals surface area contributed by atoms with Gasteiger partial charge in [0.15, 0.2) is 9.84 Å². The number of hydrogen-bond acceptors (Lipinski definition) is 6. The van der Waals surface area contributed by atoms with Gasteiger partial charge in [-0.2, -0.15) is 13.2 Å². The molecule has 1 atom stereocenters. The first-order chi connectivity index (χ1) is 16.5. The summed E-state index contributed by atoms with van der Waals surface area (Å²) in [5.41, 5.74) is 0.768. The Morgan fingerprint density at radius 3 is 2.34 bits per heavy atom. The number of nitrogens with one attached hydrogen (secondary N) is 1.